The summed E-state index contributed by atoms with van der Waals surface area (Å²) in [5.41, 5.74) is 4.67. The van der Waals surface area contributed by atoms with Crippen LogP contribution in [0.5, 0.6) is 0 Å². The molecule has 15 heavy (non-hydrogen) atoms. The van der Waals surface area contributed by atoms with E-state index in [0.29, 0.717) is 0 Å². The first kappa shape index (κ1) is 14.2. The van der Waals surface area contributed by atoms with Gasteiger partial charge in [-0.3, -0.25) is 4.79 Å². The third-order valence-corrected chi connectivity index (χ3v) is 1.86. The molecule has 0 radical (unpaired) electrons. The van der Waals surface area contributed by atoms with Crippen molar-refractivity contribution in [3.8, 4) is 0 Å². The predicted octanol–water partition coefficient (Wildman–Crippen LogP) is 0.988. The molecule has 0 aliphatic rings. The predicted molar refractivity (Wildman–Crippen MR) is 46.8 cm³/mol. The Morgan fingerprint density at radius 2 is 1.87 bits per heavy atom. The number of rotatable bonds is 5. The fourth-order valence-corrected chi connectivity index (χ4v) is 0.609. The molecule has 0 aromatic carbocycles. The van der Waals surface area contributed by atoms with Crippen LogP contribution in [-0.4, -0.2) is 31.3 Å². The summed E-state index contributed by atoms with van der Waals surface area (Å²) in [6.45, 7) is 3.21. The van der Waals surface area contributed by atoms with Gasteiger partial charge in [-0.1, -0.05) is 13.8 Å². The minimum atomic E-state index is -4.65. The highest BCUT2D eigenvalue weighted by atomic mass is 19.3. The molecule has 0 bridgehead atoms. The Kier molecular flexibility index (Phi) is 4.51. The van der Waals surface area contributed by atoms with E-state index >= 15 is 0 Å². The van der Waals surface area contributed by atoms with Crippen molar-refractivity contribution in [1.82, 2.24) is 5.32 Å². The Balaban J connectivity index is 4.28. The van der Waals surface area contributed by atoms with Crippen LogP contribution in [0.4, 0.5) is 17.6 Å². The quantitative estimate of drug-likeness (QED) is 0.692. The van der Waals surface area contributed by atoms with Crippen LogP contribution >= 0.6 is 0 Å². The molecular formula is C8H14F4N2O. The van der Waals surface area contributed by atoms with Crippen molar-refractivity contribution in [2.75, 3.05) is 13.1 Å². The van der Waals surface area contributed by atoms with Crippen molar-refractivity contribution in [2.45, 2.75) is 26.2 Å². The lowest BCUT2D eigenvalue weighted by Crippen LogP contribution is -2.48. The van der Waals surface area contributed by atoms with Crippen molar-refractivity contribution in [2.24, 2.45) is 11.1 Å². The maximum Gasteiger partial charge on any atom is 0.383 e. The Bertz CT molecular complexity index is 231. The molecule has 0 aliphatic heterocycles. The van der Waals surface area contributed by atoms with Gasteiger partial charge < -0.3 is 11.1 Å². The zero-order chi connectivity index (χ0) is 12.3. The number of carbonyl (C=O) groups is 1. The SMILES string of the molecule is CC(C)(CN)CNC(=O)C(F)(F)C(F)F. The van der Waals surface area contributed by atoms with E-state index < -0.39 is 23.7 Å². The largest absolute Gasteiger partial charge is 0.383 e. The Morgan fingerprint density at radius 1 is 1.40 bits per heavy atom. The van der Waals surface area contributed by atoms with Gasteiger partial charge in [0.05, 0.1) is 0 Å². The average Bonchev–Trinajstić information content (AvgIpc) is 2.14. The number of halogens is 4. The van der Waals surface area contributed by atoms with Crippen LogP contribution in [0.1, 0.15) is 13.8 Å². The molecule has 0 heterocycles. The number of nitrogens with two attached hydrogens (primary N) is 1. The molecule has 0 aromatic heterocycles. The molecule has 0 saturated carbocycles. The molecule has 0 unspecified atom stereocenters. The molecule has 0 fully saturated rings. The highest BCUT2D eigenvalue weighted by molar-refractivity contribution is 5.83. The van der Waals surface area contributed by atoms with Crippen LogP contribution < -0.4 is 11.1 Å². The third kappa shape index (κ3) is 4.03. The van der Waals surface area contributed by atoms with E-state index in [4.69, 9.17) is 5.73 Å². The van der Waals surface area contributed by atoms with Gasteiger partial charge in [-0.25, -0.2) is 8.78 Å². The number of carbonyl (C=O) groups excluding carboxylic acids is 1. The van der Waals surface area contributed by atoms with Crippen LogP contribution in [0.15, 0.2) is 0 Å². The minimum absolute atomic E-state index is 0.146. The van der Waals surface area contributed by atoms with Crippen LogP contribution in [0.3, 0.4) is 0 Å². The fourth-order valence-electron chi connectivity index (χ4n) is 0.609. The normalized spacial score (nSPS) is 13.1. The highest BCUT2D eigenvalue weighted by Crippen LogP contribution is 2.23. The van der Waals surface area contributed by atoms with Crippen LogP contribution in [0, 0.1) is 5.41 Å². The van der Waals surface area contributed by atoms with Gasteiger partial charge in [-0.05, 0) is 12.0 Å². The summed E-state index contributed by atoms with van der Waals surface area (Å²) in [6.07, 6.45) is -4.00. The number of nitrogens with one attached hydrogen (secondary N) is 1. The van der Waals surface area contributed by atoms with Gasteiger partial charge in [0.15, 0.2) is 0 Å². The fraction of sp³-hybridized carbons (Fsp3) is 0.875. The molecule has 0 spiro atoms. The van der Waals surface area contributed by atoms with Crippen molar-refractivity contribution in [3.63, 3.8) is 0 Å². The molecule has 0 aliphatic carbocycles. The van der Waals surface area contributed by atoms with E-state index in [-0.39, 0.29) is 13.1 Å². The minimum Gasteiger partial charge on any atom is -0.350 e. The monoisotopic (exact) mass is 230 g/mol. The lowest BCUT2D eigenvalue weighted by atomic mass is 9.94. The standard InChI is InChI=1S/C8H14F4N2O/c1-7(2,3-13)4-14-6(15)8(11,12)5(9)10/h5H,3-4,13H2,1-2H3,(H,14,15). The van der Waals surface area contributed by atoms with Gasteiger partial charge in [0.25, 0.3) is 5.91 Å². The summed E-state index contributed by atoms with van der Waals surface area (Å²) in [4.78, 5) is 10.7. The van der Waals surface area contributed by atoms with Crippen molar-refractivity contribution in [1.29, 1.82) is 0 Å². The third-order valence-electron chi connectivity index (χ3n) is 1.86. The average molecular weight is 230 g/mol. The van der Waals surface area contributed by atoms with Crippen LogP contribution in [0.25, 0.3) is 0 Å². The number of amides is 1. The Morgan fingerprint density at radius 3 is 2.20 bits per heavy atom. The second-order valence-electron chi connectivity index (χ2n) is 3.97. The van der Waals surface area contributed by atoms with Gasteiger partial charge in [-0.2, -0.15) is 8.78 Å². The van der Waals surface area contributed by atoms with E-state index in [0.717, 1.165) is 0 Å². The topological polar surface area (TPSA) is 55.1 Å². The lowest BCUT2D eigenvalue weighted by molar-refractivity contribution is -0.169. The second-order valence-corrected chi connectivity index (χ2v) is 3.97. The summed E-state index contributed by atoms with van der Waals surface area (Å²) in [5, 5.41) is 1.75. The highest BCUT2D eigenvalue weighted by Gasteiger charge is 2.48. The zero-order valence-electron chi connectivity index (χ0n) is 8.49. The number of alkyl halides is 4. The lowest BCUT2D eigenvalue weighted by Gasteiger charge is -2.24. The molecule has 90 valence electrons. The van der Waals surface area contributed by atoms with Gasteiger partial charge in [0, 0.05) is 6.54 Å². The molecular weight excluding hydrogens is 216 g/mol. The number of hydrogen-bond acceptors (Lipinski definition) is 2. The zero-order valence-corrected chi connectivity index (χ0v) is 8.49. The smallest absolute Gasteiger partial charge is 0.350 e. The van der Waals surface area contributed by atoms with Gasteiger partial charge in [-0.15, -0.1) is 0 Å². The van der Waals surface area contributed by atoms with Crippen LogP contribution in [-0.2, 0) is 4.79 Å². The second kappa shape index (κ2) is 4.78. The van der Waals surface area contributed by atoms with Crippen molar-refractivity contribution < 1.29 is 22.4 Å². The molecule has 0 saturated heterocycles. The molecule has 3 N–H and O–H groups in total. The van der Waals surface area contributed by atoms with Crippen LogP contribution in [0.2, 0.25) is 0 Å². The summed E-state index contributed by atoms with van der Waals surface area (Å²) < 4.78 is 48.3. The van der Waals surface area contributed by atoms with Crippen molar-refractivity contribution in [3.05, 3.63) is 0 Å². The Hall–Kier alpha value is -0.850. The molecule has 7 heteroatoms. The summed E-state index contributed by atoms with van der Waals surface area (Å²) >= 11 is 0. The maximum absolute atomic E-state index is 12.4. The first-order valence-corrected chi connectivity index (χ1v) is 4.28. The molecule has 3 nitrogen and oxygen atoms in total. The first-order valence-electron chi connectivity index (χ1n) is 4.28. The maximum atomic E-state index is 12.4. The van der Waals surface area contributed by atoms with Crippen molar-refractivity contribution >= 4 is 5.91 Å². The van der Waals surface area contributed by atoms with E-state index in [1.807, 2.05) is 0 Å². The molecule has 1 amide bonds. The Labute approximate surface area is 85.0 Å². The van der Waals surface area contributed by atoms with E-state index in [2.05, 4.69) is 0 Å². The van der Waals surface area contributed by atoms with Gasteiger partial charge in [0.1, 0.15) is 0 Å². The number of hydrogen-bond donors (Lipinski definition) is 2. The summed E-state index contributed by atoms with van der Waals surface area (Å²) in [6, 6.07) is 0. The molecule has 0 atom stereocenters. The molecule has 0 aromatic rings. The molecule has 0 rings (SSSR count). The van der Waals surface area contributed by atoms with E-state index in [1.165, 1.54) is 0 Å². The van der Waals surface area contributed by atoms with E-state index in [1.54, 1.807) is 19.2 Å². The summed E-state index contributed by atoms with van der Waals surface area (Å²) in [5.74, 6) is -6.62. The first-order chi connectivity index (χ1) is 6.63. The van der Waals surface area contributed by atoms with Gasteiger partial charge in [0.2, 0.25) is 0 Å². The van der Waals surface area contributed by atoms with E-state index in [9.17, 15) is 22.4 Å². The summed E-state index contributed by atoms with van der Waals surface area (Å²) in [7, 11) is 0. The van der Waals surface area contributed by atoms with Gasteiger partial charge >= 0.3 is 12.3 Å².